The van der Waals surface area contributed by atoms with Gasteiger partial charge in [-0.2, -0.15) is 0 Å². The predicted molar refractivity (Wildman–Crippen MR) is 102 cm³/mol. The molecule has 0 aliphatic carbocycles. The topological polar surface area (TPSA) is 32.8 Å². The number of methoxy groups -OCH3 is 1. The second kappa shape index (κ2) is 7.06. The molecule has 1 amide bonds. The molecule has 4 nitrogen and oxygen atoms in total. The number of thiophene rings is 1. The van der Waals surface area contributed by atoms with Gasteiger partial charge in [-0.25, -0.2) is 0 Å². The van der Waals surface area contributed by atoms with Gasteiger partial charge in [-0.15, -0.1) is 11.3 Å². The minimum Gasteiger partial charge on any atom is -0.383 e. The number of carbonyl (C=O) groups is 1. The van der Waals surface area contributed by atoms with Crippen molar-refractivity contribution >= 4 is 27.3 Å². The third kappa shape index (κ3) is 3.33. The number of ether oxygens (including phenoxy) is 1. The highest BCUT2D eigenvalue weighted by atomic mass is 32.1. The van der Waals surface area contributed by atoms with Gasteiger partial charge in [-0.3, -0.25) is 9.69 Å². The van der Waals surface area contributed by atoms with E-state index < -0.39 is 0 Å². The van der Waals surface area contributed by atoms with Gasteiger partial charge in [-0.1, -0.05) is 18.2 Å². The first-order chi connectivity index (χ1) is 12.2. The summed E-state index contributed by atoms with van der Waals surface area (Å²) in [4.78, 5) is 18.9. The Morgan fingerprint density at radius 3 is 2.96 bits per heavy atom. The summed E-state index contributed by atoms with van der Waals surface area (Å²) >= 11 is 1.88. The zero-order valence-corrected chi connectivity index (χ0v) is 15.7. The van der Waals surface area contributed by atoms with Gasteiger partial charge in [0.25, 0.3) is 0 Å². The molecule has 4 rings (SSSR count). The first kappa shape index (κ1) is 17.0. The summed E-state index contributed by atoms with van der Waals surface area (Å²) in [7, 11) is 1.70. The van der Waals surface area contributed by atoms with E-state index in [0.29, 0.717) is 12.5 Å². The molecule has 2 aliphatic heterocycles. The van der Waals surface area contributed by atoms with E-state index in [1.54, 1.807) is 7.11 Å². The maximum Gasteiger partial charge on any atom is 0.230 e. The first-order valence-electron chi connectivity index (χ1n) is 9.18. The Morgan fingerprint density at radius 1 is 1.24 bits per heavy atom. The average Bonchev–Trinajstić information content (AvgIpc) is 3.21. The van der Waals surface area contributed by atoms with Gasteiger partial charge in [0.2, 0.25) is 5.91 Å². The number of rotatable bonds is 5. The van der Waals surface area contributed by atoms with Gasteiger partial charge in [0.05, 0.1) is 12.0 Å². The van der Waals surface area contributed by atoms with Gasteiger partial charge < -0.3 is 9.64 Å². The molecule has 1 spiro atoms. The number of likely N-dealkylation sites (tertiary alicyclic amines) is 2. The largest absolute Gasteiger partial charge is 0.383 e. The second-order valence-corrected chi connectivity index (χ2v) is 8.55. The highest BCUT2D eigenvalue weighted by molar-refractivity contribution is 7.19. The van der Waals surface area contributed by atoms with Crippen molar-refractivity contribution in [2.24, 2.45) is 5.41 Å². The molecule has 0 radical (unpaired) electrons. The molecular weight excluding hydrogens is 332 g/mol. The third-order valence-electron chi connectivity index (χ3n) is 5.68. The van der Waals surface area contributed by atoms with Crippen molar-refractivity contribution in [1.82, 2.24) is 9.80 Å². The van der Waals surface area contributed by atoms with E-state index in [2.05, 4.69) is 35.2 Å². The number of benzene rings is 1. The lowest BCUT2D eigenvalue weighted by atomic mass is 9.78. The molecule has 1 aromatic heterocycles. The van der Waals surface area contributed by atoms with Gasteiger partial charge in [0.15, 0.2) is 0 Å². The average molecular weight is 359 g/mol. The fourth-order valence-electron chi connectivity index (χ4n) is 4.37. The number of piperidine rings is 1. The van der Waals surface area contributed by atoms with Gasteiger partial charge in [-0.05, 0) is 43.3 Å². The quantitative estimate of drug-likeness (QED) is 0.822. The fourth-order valence-corrected chi connectivity index (χ4v) is 5.48. The van der Waals surface area contributed by atoms with Crippen LogP contribution in [-0.2, 0) is 16.1 Å². The summed E-state index contributed by atoms with van der Waals surface area (Å²) in [6.45, 7) is 5.15. The zero-order chi connectivity index (χ0) is 17.3. The summed E-state index contributed by atoms with van der Waals surface area (Å²) in [5, 5.41) is 1.33. The molecule has 3 heterocycles. The van der Waals surface area contributed by atoms with E-state index in [1.165, 1.54) is 15.0 Å². The van der Waals surface area contributed by atoms with E-state index in [4.69, 9.17) is 4.74 Å². The van der Waals surface area contributed by atoms with Crippen molar-refractivity contribution in [2.75, 3.05) is 39.9 Å². The lowest BCUT2D eigenvalue weighted by Gasteiger charge is -2.39. The van der Waals surface area contributed by atoms with Crippen molar-refractivity contribution in [2.45, 2.75) is 25.8 Å². The summed E-state index contributed by atoms with van der Waals surface area (Å²) < 4.78 is 6.52. The van der Waals surface area contributed by atoms with E-state index in [0.717, 1.165) is 52.0 Å². The Hall–Kier alpha value is -1.43. The second-order valence-electron chi connectivity index (χ2n) is 7.38. The Labute approximate surface area is 153 Å². The monoisotopic (exact) mass is 358 g/mol. The molecule has 1 aromatic carbocycles. The molecule has 25 heavy (non-hydrogen) atoms. The van der Waals surface area contributed by atoms with E-state index in [9.17, 15) is 4.79 Å². The zero-order valence-electron chi connectivity index (χ0n) is 14.9. The van der Waals surface area contributed by atoms with Crippen molar-refractivity contribution in [3.63, 3.8) is 0 Å². The van der Waals surface area contributed by atoms with Crippen LogP contribution >= 0.6 is 11.3 Å². The maximum atomic E-state index is 13.0. The Morgan fingerprint density at radius 2 is 2.12 bits per heavy atom. The molecule has 134 valence electrons. The lowest BCUT2D eigenvalue weighted by Crippen LogP contribution is -2.50. The van der Waals surface area contributed by atoms with Crippen molar-refractivity contribution in [3.8, 4) is 0 Å². The van der Waals surface area contributed by atoms with Crippen molar-refractivity contribution in [1.29, 1.82) is 0 Å². The SMILES string of the molecule is COCCN1CCCC2(CCN(Cc3cc4ccccc4s3)C2)C1=O. The fraction of sp³-hybridized carbons (Fsp3) is 0.550. The number of fused-ring (bicyclic) bond motifs is 1. The lowest BCUT2D eigenvalue weighted by molar-refractivity contribution is -0.146. The van der Waals surface area contributed by atoms with Crippen LogP contribution in [0.1, 0.15) is 24.1 Å². The van der Waals surface area contributed by atoms with E-state index in [1.807, 2.05) is 16.2 Å². The first-order valence-corrected chi connectivity index (χ1v) is 10.00. The third-order valence-corrected chi connectivity index (χ3v) is 6.78. The van der Waals surface area contributed by atoms with Crippen molar-refractivity contribution in [3.05, 3.63) is 35.2 Å². The molecule has 0 saturated carbocycles. The maximum absolute atomic E-state index is 13.0. The van der Waals surface area contributed by atoms with E-state index in [-0.39, 0.29) is 5.41 Å². The molecule has 1 unspecified atom stereocenters. The molecular formula is C20H26N2O2S. The van der Waals surface area contributed by atoms with Crippen LogP contribution in [0.15, 0.2) is 30.3 Å². The van der Waals surface area contributed by atoms with Crippen LogP contribution in [-0.4, -0.2) is 55.6 Å². The standard InChI is InChI=1S/C20H26N2O2S/c1-24-12-11-22-9-4-7-20(19(22)23)8-10-21(15-20)14-17-13-16-5-2-3-6-18(16)25-17/h2-3,5-6,13H,4,7-12,14-15H2,1H3. The van der Waals surface area contributed by atoms with Crippen LogP contribution < -0.4 is 0 Å². The Balaban J connectivity index is 1.44. The molecule has 2 aliphatic rings. The van der Waals surface area contributed by atoms with Crippen LogP contribution in [0.4, 0.5) is 0 Å². The molecule has 1 atom stereocenters. The van der Waals surface area contributed by atoms with Gasteiger partial charge >= 0.3 is 0 Å². The summed E-state index contributed by atoms with van der Waals surface area (Å²) in [5.41, 5.74) is -0.150. The van der Waals surface area contributed by atoms with Gasteiger partial charge in [0, 0.05) is 42.9 Å². The molecule has 2 fully saturated rings. The van der Waals surface area contributed by atoms with Crippen LogP contribution in [0.25, 0.3) is 10.1 Å². The highest BCUT2D eigenvalue weighted by Crippen LogP contribution is 2.41. The molecule has 0 N–H and O–H groups in total. The highest BCUT2D eigenvalue weighted by Gasteiger charge is 2.48. The van der Waals surface area contributed by atoms with Crippen LogP contribution in [0.3, 0.4) is 0 Å². The molecule has 5 heteroatoms. The summed E-state index contributed by atoms with van der Waals surface area (Å²) in [6, 6.07) is 10.9. The summed E-state index contributed by atoms with van der Waals surface area (Å²) in [5.74, 6) is 0.356. The Bertz CT molecular complexity index is 726. The van der Waals surface area contributed by atoms with Crippen LogP contribution in [0.5, 0.6) is 0 Å². The number of carbonyl (C=O) groups excluding carboxylic acids is 1. The molecule has 2 saturated heterocycles. The normalized spacial score (nSPS) is 24.7. The Kier molecular flexibility index (Phi) is 4.80. The van der Waals surface area contributed by atoms with Crippen molar-refractivity contribution < 1.29 is 9.53 Å². The molecule has 0 bridgehead atoms. The molecule has 2 aromatic rings. The number of hydrogen-bond acceptors (Lipinski definition) is 4. The smallest absolute Gasteiger partial charge is 0.230 e. The number of amides is 1. The van der Waals surface area contributed by atoms with E-state index >= 15 is 0 Å². The predicted octanol–water partition coefficient (Wildman–Crippen LogP) is 3.36. The number of nitrogens with zero attached hydrogens (tertiary/aromatic N) is 2. The number of hydrogen-bond donors (Lipinski definition) is 0. The minimum absolute atomic E-state index is 0.150. The van der Waals surface area contributed by atoms with Crippen LogP contribution in [0, 0.1) is 5.41 Å². The van der Waals surface area contributed by atoms with Crippen LogP contribution in [0.2, 0.25) is 0 Å². The minimum atomic E-state index is -0.150. The van der Waals surface area contributed by atoms with Gasteiger partial charge in [0.1, 0.15) is 0 Å². The summed E-state index contributed by atoms with van der Waals surface area (Å²) in [6.07, 6.45) is 3.16.